The van der Waals surface area contributed by atoms with Crippen LogP contribution in [-0.2, 0) is 9.84 Å². The van der Waals surface area contributed by atoms with Gasteiger partial charge in [-0.2, -0.15) is 0 Å². The van der Waals surface area contributed by atoms with E-state index in [1.165, 1.54) is 17.0 Å². The van der Waals surface area contributed by atoms with E-state index < -0.39 is 15.7 Å². The lowest BCUT2D eigenvalue weighted by Gasteiger charge is -2.23. The van der Waals surface area contributed by atoms with Crippen LogP contribution in [0, 0.1) is 5.82 Å². The summed E-state index contributed by atoms with van der Waals surface area (Å²) in [7, 11) is -1.50. The molecule has 1 aromatic carbocycles. The molecule has 1 aromatic rings. The van der Waals surface area contributed by atoms with Crippen molar-refractivity contribution in [3.63, 3.8) is 0 Å². The Morgan fingerprint density at radius 1 is 1.42 bits per heavy atom. The molecule has 0 N–H and O–H groups in total. The van der Waals surface area contributed by atoms with Gasteiger partial charge in [-0.15, -0.1) is 0 Å². The lowest BCUT2D eigenvalue weighted by atomic mass is 10.1. The first-order valence-corrected chi connectivity index (χ1v) is 8.33. The summed E-state index contributed by atoms with van der Waals surface area (Å²) in [4.78, 5) is 13.6. The first-order valence-electron chi connectivity index (χ1n) is 5.72. The van der Waals surface area contributed by atoms with E-state index in [4.69, 9.17) is 0 Å². The van der Waals surface area contributed by atoms with E-state index in [2.05, 4.69) is 15.9 Å². The number of amides is 1. The van der Waals surface area contributed by atoms with Crippen LogP contribution in [0.1, 0.15) is 16.8 Å². The molecule has 0 spiro atoms. The Labute approximate surface area is 119 Å². The van der Waals surface area contributed by atoms with Gasteiger partial charge in [-0.1, -0.05) is 15.9 Å². The fourth-order valence-corrected chi connectivity index (χ4v) is 4.37. The normalized spacial score (nSPS) is 21.3. The van der Waals surface area contributed by atoms with Gasteiger partial charge in [-0.25, -0.2) is 12.8 Å². The topological polar surface area (TPSA) is 54.5 Å². The van der Waals surface area contributed by atoms with Crippen LogP contribution in [0.25, 0.3) is 0 Å². The summed E-state index contributed by atoms with van der Waals surface area (Å²) in [6, 6.07) is 3.59. The Hall–Kier alpha value is -0.950. The number of sulfone groups is 1. The molecule has 1 unspecified atom stereocenters. The molecule has 1 fully saturated rings. The van der Waals surface area contributed by atoms with Gasteiger partial charge in [-0.3, -0.25) is 4.79 Å². The van der Waals surface area contributed by atoms with Gasteiger partial charge in [0.25, 0.3) is 5.91 Å². The number of nitrogens with zero attached hydrogens (tertiary/aromatic N) is 1. The van der Waals surface area contributed by atoms with Crippen LogP contribution in [0.3, 0.4) is 0 Å². The van der Waals surface area contributed by atoms with E-state index >= 15 is 0 Å². The smallest absolute Gasteiger partial charge is 0.254 e. The van der Waals surface area contributed by atoms with Crippen LogP contribution in [-0.4, -0.2) is 43.8 Å². The molecule has 1 atom stereocenters. The zero-order valence-electron chi connectivity index (χ0n) is 10.3. The molecular formula is C12H13BrFNO3S. The lowest BCUT2D eigenvalue weighted by molar-refractivity contribution is 0.0747. The summed E-state index contributed by atoms with van der Waals surface area (Å²) in [5.74, 6) is -0.805. The Morgan fingerprint density at radius 2 is 2.11 bits per heavy atom. The predicted molar refractivity (Wildman–Crippen MR) is 73.3 cm³/mol. The minimum absolute atomic E-state index is 0.0221. The molecule has 104 valence electrons. The van der Waals surface area contributed by atoms with E-state index in [1.807, 2.05) is 0 Å². The molecule has 1 aliphatic rings. The van der Waals surface area contributed by atoms with Gasteiger partial charge in [0.05, 0.1) is 11.5 Å². The fraction of sp³-hybridized carbons (Fsp3) is 0.417. The summed E-state index contributed by atoms with van der Waals surface area (Å²) in [5.41, 5.74) is 0.207. The number of carbonyl (C=O) groups is 1. The van der Waals surface area contributed by atoms with E-state index in [-0.39, 0.29) is 29.0 Å². The van der Waals surface area contributed by atoms with Crippen molar-refractivity contribution in [2.24, 2.45) is 0 Å². The minimum atomic E-state index is -3.05. The lowest BCUT2D eigenvalue weighted by Crippen LogP contribution is -2.37. The Bertz CT molecular complexity index is 597. The molecule has 1 amide bonds. The first kappa shape index (κ1) is 14.5. The van der Waals surface area contributed by atoms with Crippen molar-refractivity contribution >= 4 is 31.7 Å². The van der Waals surface area contributed by atoms with Crippen molar-refractivity contribution in [2.75, 3.05) is 18.6 Å². The molecule has 1 saturated heterocycles. The Morgan fingerprint density at radius 3 is 2.63 bits per heavy atom. The molecular weight excluding hydrogens is 337 g/mol. The molecule has 7 heteroatoms. The summed E-state index contributed by atoms with van der Waals surface area (Å²) >= 11 is 3.13. The number of hydrogen-bond donors (Lipinski definition) is 0. The Balaban J connectivity index is 2.20. The molecule has 4 nitrogen and oxygen atoms in total. The first-order chi connectivity index (χ1) is 8.78. The molecule has 19 heavy (non-hydrogen) atoms. The third-order valence-electron chi connectivity index (χ3n) is 3.19. The fourth-order valence-electron chi connectivity index (χ4n) is 2.13. The van der Waals surface area contributed by atoms with E-state index in [0.717, 1.165) is 6.07 Å². The monoisotopic (exact) mass is 349 g/mol. The highest BCUT2D eigenvalue weighted by Crippen LogP contribution is 2.21. The second-order valence-corrected chi connectivity index (χ2v) is 7.78. The van der Waals surface area contributed by atoms with Gasteiger partial charge in [0.2, 0.25) is 0 Å². The molecule has 2 rings (SSSR count). The van der Waals surface area contributed by atoms with Gasteiger partial charge >= 0.3 is 0 Å². The molecule has 1 heterocycles. The van der Waals surface area contributed by atoms with Crippen molar-refractivity contribution in [1.29, 1.82) is 0 Å². The average Bonchev–Trinajstić information content (AvgIpc) is 2.66. The van der Waals surface area contributed by atoms with Crippen LogP contribution in [0.2, 0.25) is 0 Å². The maximum absolute atomic E-state index is 13.3. The van der Waals surface area contributed by atoms with Gasteiger partial charge in [-0.05, 0) is 24.6 Å². The van der Waals surface area contributed by atoms with E-state index in [1.54, 1.807) is 7.05 Å². The van der Waals surface area contributed by atoms with Crippen LogP contribution in [0.4, 0.5) is 4.39 Å². The van der Waals surface area contributed by atoms with Crippen molar-refractivity contribution in [1.82, 2.24) is 4.90 Å². The highest BCUT2D eigenvalue weighted by molar-refractivity contribution is 9.10. The summed E-state index contributed by atoms with van der Waals surface area (Å²) in [6.07, 6.45) is 0.432. The summed E-state index contributed by atoms with van der Waals surface area (Å²) in [6.45, 7) is 0. The van der Waals surface area contributed by atoms with Crippen molar-refractivity contribution < 1.29 is 17.6 Å². The standard InChI is InChI=1S/C12H13BrFNO3S/c1-15(11-2-3-19(17,18)7-11)12(16)8-4-9(13)6-10(14)5-8/h4-6,11H,2-3,7H2,1H3. The molecule has 0 aliphatic carbocycles. The SMILES string of the molecule is CN(C(=O)c1cc(F)cc(Br)c1)C1CCS(=O)(=O)C1. The third kappa shape index (κ3) is 3.33. The molecule has 0 radical (unpaired) electrons. The quantitative estimate of drug-likeness (QED) is 0.818. The van der Waals surface area contributed by atoms with Crippen LogP contribution in [0.15, 0.2) is 22.7 Å². The van der Waals surface area contributed by atoms with Gasteiger partial charge < -0.3 is 4.90 Å². The number of benzene rings is 1. The van der Waals surface area contributed by atoms with Crippen LogP contribution < -0.4 is 0 Å². The zero-order chi connectivity index (χ0) is 14.2. The molecule has 0 saturated carbocycles. The predicted octanol–water partition coefficient (Wildman–Crippen LogP) is 1.85. The van der Waals surface area contributed by atoms with Crippen molar-refractivity contribution in [3.8, 4) is 0 Å². The van der Waals surface area contributed by atoms with Gasteiger partial charge in [0.15, 0.2) is 9.84 Å². The second kappa shape index (κ2) is 5.20. The van der Waals surface area contributed by atoms with E-state index in [0.29, 0.717) is 10.9 Å². The highest BCUT2D eigenvalue weighted by atomic mass is 79.9. The maximum atomic E-state index is 13.3. The number of carbonyl (C=O) groups excluding carboxylic acids is 1. The maximum Gasteiger partial charge on any atom is 0.254 e. The van der Waals surface area contributed by atoms with Crippen molar-refractivity contribution in [2.45, 2.75) is 12.5 Å². The van der Waals surface area contributed by atoms with Crippen molar-refractivity contribution in [3.05, 3.63) is 34.1 Å². The highest BCUT2D eigenvalue weighted by Gasteiger charge is 2.33. The summed E-state index contributed by atoms with van der Waals surface area (Å²) < 4.78 is 36.5. The third-order valence-corrected chi connectivity index (χ3v) is 5.39. The molecule has 0 aromatic heterocycles. The van der Waals surface area contributed by atoms with Crippen LogP contribution >= 0.6 is 15.9 Å². The molecule has 0 bridgehead atoms. The van der Waals surface area contributed by atoms with E-state index in [9.17, 15) is 17.6 Å². The zero-order valence-corrected chi connectivity index (χ0v) is 12.7. The summed E-state index contributed by atoms with van der Waals surface area (Å²) in [5, 5.41) is 0. The second-order valence-electron chi connectivity index (χ2n) is 4.63. The van der Waals surface area contributed by atoms with Gasteiger partial charge in [0, 0.05) is 23.1 Å². The largest absolute Gasteiger partial charge is 0.338 e. The minimum Gasteiger partial charge on any atom is -0.338 e. The number of hydrogen-bond acceptors (Lipinski definition) is 3. The number of rotatable bonds is 2. The van der Waals surface area contributed by atoms with Gasteiger partial charge in [0.1, 0.15) is 5.82 Å². The number of halogens is 2. The average molecular weight is 350 g/mol. The van der Waals surface area contributed by atoms with Crippen LogP contribution in [0.5, 0.6) is 0 Å². The Kier molecular flexibility index (Phi) is 3.96. The molecule has 1 aliphatic heterocycles.